The topological polar surface area (TPSA) is 9.34 Å². The summed E-state index contributed by atoms with van der Waals surface area (Å²) in [6.45, 7) is 0. The lowest BCUT2D eigenvalue weighted by Gasteiger charge is -2.11. The average Bonchev–Trinajstić information content (AvgIpc) is 3.91. The first kappa shape index (κ1) is 26.9. The predicted molar refractivity (Wildman–Crippen MR) is 210 cm³/mol. The van der Waals surface area contributed by atoms with Gasteiger partial charge in [0.25, 0.3) is 0 Å². The molecule has 0 unspecified atom stereocenters. The monoisotopic (exact) mass is 640 g/mol. The Kier molecular flexibility index (Phi) is 5.57. The molecule has 7 aromatic carbocycles. The van der Waals surface area contributed by atoms with E-state index in [1.54, 1.807) is 0 Å². The van der Waals surface area contributed by atoms with Crippen molar-refractivity contribution in [1.82, 2.24) is 8.97 Å². The van der Waals surface area contributed by atoms with Gasteiger partial charge in [0, 0.05) is 37.5 Å². The molecule has 11 rings (SSSR count). The quantitative estimate of drug-likeness (QED) is 0.181. The van der Waals surface area contributed by atoms with E-state index in [4.69, 9.17) is 0 Å². The maximum absolute atomic E-state index is 2.49. The fourth-order valence-corrected chi connectivity index (χ4v) is 9.22. The molecule has 3 heteroatoms. The number of fused-ring (bicyclic) bond motifs is 9. The molecular weight excluding hydrogens is 613 g/mol. The summed E-state index contributed by atoms with van der Waals surface area (Å²) < 4.78 is 6.25. The summed E-state index contributed by atoms with van der Waals surface area (Å²) in [5.74, 6) is 0. The first-order chi connectivity index (χ1) is 24.3. The number of hydrogen-bond donors (Lipinski definition) is 0. The molecule has 2 nitrogen and oxygen atoms in total. The molecule has 0 aliphatic heterocycles. The summed E-state index contributed by atoms with van der Waals surface area (Å²) in [5, 5.41) is 6.47. The van der Waals surface area contributed by atoms with Crippen molar-refractivity contribution in [3.63, 3.8) is 0 Å². The maximum Gasteiger partial charge on any atom is 0.0656 e. The third-order valence-electron chi connectivity index (χ3n) is 10.2. The number of benzene rings is 7. The second kappa shape index (κ2) is 10.2. The summed E-state index contributed by atoms with van der Waals surface area (Å²) in [4.78, 5) is 1.30. The molecule has 0 bridgehead atoms. The first-order valence-electron chi connectivity index (χ1n) is 16.8. The van der Waals surface area contributed by atoms with E-state index in [9.17, 15) is 0 Å². The predicted octanol–water partition coefficient (Wildman–Crippen LogP) is 13.0. The number of nitrogens with zero attached hydrogens (tertiary/aromatic N) is 2. The minimum absolute atomic E-state index is 1.17. The third-order valence-corrected chi connectivity index (χ3v) is 11.4. The van der Waals surface area contributed by atoms with E-state index in [0.717, 1.165) is 0 Å². The highest BCUT2D eigenvalue weighted by Crippen LogP contribution is 2.46. The van der Waals surface area contributed by atoms with Gasteiger partial charge in [-0.3, -0.25) is 0 Å². The molecule has 0 spiro atoms. The van der Waals surface area contributed by atoms with Crippen molar-refractivity contribution >= 4 is 70.6 Å². The van der Waals surface area contributed by atoms with Gasteiger partial charge in [-0.1, -0.05) is 115 Å². The molecule has 0 atom stereocenters. The van der Waals surface area contributed by atoms with Crippen LogP contribution in [0.1, 0.15) is 0 Å². The largest absolute Gasteiger partial charge is 0.309 e. The highest BCUT2D eigenvalue weighted by Gasteiger charge is 2.22. The van der Waals surface area contributed by atoms with Crippen LogP contribution in [-0.2, 0) is 0 Å². The Labute approximate surface area is 286 Å². The summed E-state index contributed by atoms with van der Waals surface area (Å²) in [6, 6.07) is 62.2. The number of rotatable bonds is 4. The van der Waals surface area contributed by atoms with Crippen molar-refractivity contribution in [2.45, 2.75) is 0 Å². The molecule has 0 aliphatic rings. The van der Waals surface area contributed by atoms with Gasteiger partial charge in [-0.05, 0) is 82.4 Å². The molecule has 0 N–H and O–H groups in total. The number of aromatic nitrogens is 2. The van der Waals surface area contributed by atoms with Gasteiger partial charge in [0.2, 0.25) is 0 Å². The van der Waals surface area contributed by atoms with Gasteiger partial charge in [0.15, 0.2) is 0 Å². The van der Waals surface area contributed by atoms with Crippen LogP contribution in [-0.4, -0.2) is 8.97 Å². The van der Waals surface area contributed by atoms with Crippen molar-refractivity contribution < 1.29 is 0 Å². The van der Waals surface area contributed by atoms with Gasteiger partial charge >= 0.3 is 0 Å². The SMILES string of the molecule is c1ccc(-c2cccc(-n3c4ccccc4c4cc(-c5cc6c7ccccc7n7c8cc(-c9ccccc9)sc8c(c5)c67)ccc43)c2)cc1. The second-order valence-corrected chi connectivity index (χ2v) is 14.0. The summed E-state index contributed by atoms with van der Waals surface area (Å²) in [5.41, 5.74) is 13.7. The molecule has 0 aliphatic carbocycles. The standard InChI is InChI=1S/C46H28N2S/c1-3-12-29(13-4-1)31-16-11-17-34(24-31)47-40-20-9-7-18-35(40)37-25-32(22-23-42(37)47)33-26-38-36-19-8-10-21-41(36)48-43-28-44(30-14-5-2-6-15-30)49-46(43)39(27-33)45(38)48/h1-28H. The lowest BCUT2D eigenvalue weighted by molar-refractivity contribution is 1.18. The Morgan fingerprint density at radius 3 is 1.78 bits per heavy atom. The Morgan fingerprint density at radius 1 is 0.347 bits per heavy atom. The van der Waals surface area contributed by atoms with E-state index in [2.05, 4.69) is 179 Å². The second-order valence-electron chi connectivity index (χ2n) is 13.0. The molecule has 228 valence electrons. The van der Waals surface area contributed by atoms with Gasteiger partial charge < -0.3 is 8.97 Å². The van der Waals surface area contributed by atoms with Gasteiger partial charge in [-0.2, -0.15) is 0 Å². The van der Waals surface area contributed by atoms with Crippen molar-refractivity contribution in [3.05, 3.63) is 170 Å². The van der Waals surface area contributed by atoms with Crippen LogP contribution in [0.4, 0.5) is 0 Å². The zero-order chi connectivity index (χ0) is 32.1. The zero-order valence-corrected chi connectivity index (χ0v) is 27.3. The van der Waals surface area contributed by atoms with Gasteiger partial charge in [0.05, 0.1) is 32.3 Å². The zero-order valence-electron chi connectivity index (χ0n) is 26.5. The number of hydrogen-bond acceptors (Lipinski definition) is 1. The van der Waals surface area contributed by atoms with Gasteiger partial charge in [-0.15, -0.1) is 11.3 Å². The van der Waals surface area contributed by atoms with E-state index in [0.29, 0.717) is 0 Å². The Hall–Kier alpha value is -6.16. The average molecular weight is 641 g/mol. The summed E-state index contributed by atoms with van der Waals surface area (Å²) in [7, 11) is 0. The van der Waals surface area contributed by atoms with Crippen LogP contribution < -0.4 is 0 Å². The van der Waals surface area contributed by atoms with Crippen LogP contribution >= 0.6 is 11.3 Å². The molecule has 0 amide bonds. The Morgan fingerprint density at radius 2 is 0.959 bits per heavy atom. The van der Waals surface area contributed by atoms with E-state index in [1.807, 2.05) is 11.3 Å². The summed E-state index contributed by atoms with van der Waals surface area (Å²) in [6.07, 6.45) is 0. The molecule has 0 saturated carbocycles. The molecular formula is C46H28N2S. The van der Waals surface area contributed by atoms with Gasteiger partial charge in [0.1, 0.15) is 0 Å². The first-order valence-corrected chi connectivity index (χ1v) is 17.6. The van der Waals surface area contributed by atoms with E-state index < -0.39 is 0 Å². The van der Waals surface area contributed by atoms with E-state index >= 15 is 0 Å². The summed E-state index contributed by atoms with van der Waals surface area (Å²) >= 11 is 1.90. The molecule has 0 fully saturated rings. The van der Waals surface area contributed by atoms with Crippen LogP contribution in [0.25, 0.3) is 97.6 Å². The molecule has 49 heavy (non-hydrogen) atoms. The normalized spacial score (nSPS) is 12.1. The number of para-hydroxylation sites is 2. The number of thiophene rings is 1. The highest BCUT2D eigenvalue weighted by atomic mass is 32.1. The highest BCUT2D eigenvalue weighted by molar-refractivity contribution is 7.23. The molecule has 4 aromatic heterocycles. The molecule has 0 saturated heterocycles. The van der Waals surface area contributed by atoms with Crippen LogP contribution in [0.3, 0.4) is 0 Å². The molecule has 4 heterocycles. The minimum Gasteiger partial charge on any atom is -0.309 e. The smallest absolute Gasteiger partial charge is 0.0656 e. The lowest BCUT2D eigenvalue weighted by atomic mass is 9.99. The minimum atomic E-state index is 1.17. The molecule has 0 radical (unpaired) electrons. The van der Waals surface area contributed by atoms with Crippen molar-refractivity contribution in [2.24, 2.45) is 0 Å². The lowest BCUT2D eigenvalue weighted by Crippen LogP contribution is -1.94. The maximum atomic E-state index is 2.49. The van der Waals surface area contributed by atoms with Crippen LogP contribution in [0, 0.1) is 0 Å². The third kappa shape index (κ3) is 3.88. The Balaban J connectivity index is 1.15. The van der Waals surface area contributed by atoms with Crippen molar-refractivity contribution in [1.29, 1.82) is 0 Å². The van der Waals surface area contributed by atoms with E-state index in [1.165, 1.54) is 97.6 Å². The van der Waals surface area contributed by atoms with Crippen LogP contribution in [0.5, 0.6) is 0 Å². The van der Waals surface area contributed by atoms with E-state index in [-0.39, 0.29) is 0 Å². The van der Waals surface area contributed by atoms with Crippen LogP contribution in [0.2, 0.25) is 0 Å². The van der Waals surface area contributed by atoms with Gasteiger partial charge in [-0.25, -0.2) is 0 Å². The van der Waals surface area contributed by atoms with Crippen molar-refractivity contribution in [2.75, 3.05) is 0 Å². The fourth-order valence-electron chi connectivity index (χ4n) is 8.06. The fraction of sp³-hybridized carbons (Fsp3) is 0. The molecule has 11 aromatic rings. The Bertz CT molecular complexity index is 3030. The van der Waals surface area contributed by atoms with Crippen molar-refractivity contribution in [3.8, 4) is 38.4 Å². The van der Waals surface area contributed by atoms with Crippen LogP contribution in [0.15, 0.2) is 170 Å².